The molecule has 0 amide bonds. The Morgan fingerprint density at radius 2 is 1.67 bits per heavy atom. The number of aliphatic hydroxyl groups is 1. The van der Waals surface area contributed by atoms with Crippen molar-refractivity contribution < 1.29 is 13.5 Å². The van der Waals surface area contributed by atoms with Gasteiger partial charge in [0, 0.05) is 32.7 Å². The minimum absolute atomic E-state index is 0.0332. The molecule has 1 aliphatic heterocycles. The molecule has 9 heteroatoms. The van der Waals surface area contributed by atoms with Crippen LogP contribution in [0.5, 0.6) is 0 Å². The van der Waals surface area contributed by atoms with Gasteiger partial charge in [0.2, 0.25) is 10.0 Å². The van der Waals surface area contributed by atoms with E-state index >= 15 is 0 Å². The minimum Gasteiger partial charge on any atom is -0.395 e. The van der Waals surface area contributed by atoms with Crippen LogP contribution in [0.25, 0.3) is 0 Å². The zero-order valence-electron chi connectivity index (χ0n) is 11.1. The summed E-state index contributed by atoms with van der Waals surface area (Å²) in [7, 11) is -3.70. The van der Waals surface area contributed by atoms with Crippen LogP contribution in [0.1, 0.15) is 0 Å². The third-order valence-electron chi connectivity index (χ3n) is 3.37. The molecule has 118 valence electrons. The fraction of sp³-hybridized carbons (Fsp3) is 0.500. The van der Waals surface area contributed by atoms with Gasteiger partial charge >= 0.3 is 0 Å². The van der Waals surface area contributed by atoms with Gasteiger partial charge in [-0.05, 0) is 12.1 Å². The summed E-state index contributed by atoms with van der Waals surface area (Å²) < 4.78 is 26.6. The van der Waals surface area contributed by atoms with Crippen LogP contribution in [0.4, 0.5) is 0 Å². The molecule has 1 aromatic rings. The Labute approximate surface area is 139 Å². The van der Waals surface area contributed by atoms with Gasteiger partial charge in [0.25, 0.3) is 0 Å². The standard InChI is InChI=1S/C12H15Cl3N2O3S/c13-9-1-2-10(12(15)11(9)14)21(19,20)17-5-3-16(4-6-17)7-8-18/h1-2,18H,3-8H2. The number of nitrogens with zero attached hydrogens (tertiary/aromatic N) is 2. The van der Waals surface area contributed by atoms with Crippen molar-refractivity contribution >= 4 is 44.8 Å². The molecule has 1 heterocycles. The first-order valence-electron chi connectivity index (χ1n) is 6.35. The lowest BCUT2D eigenvalue weighted by atomic mass is 10.3. The van der Waals surface area contributed by atoms with Crippen LogP contribution in [-0.4, -0.2) is 62.1 Å². The van der Waals surface area contributed by atoms with E-state index in [2.05, 4.69) is 0 Å². The Balaban J connectivity index is 2.22. The van der Waals surface area contributed by atoms with E-state index in [0.717, 1.165) is 0 Å². The third kappa shape index (κ3) is 3.64. The summed E-state index contributed by atoms with van der Waals surface area (Å²) in [6.45, 7) is 2.43. The Morgan fingerprint density at radius 1 is 1.05 bits per heavy atom. The van der Waals surface area contributed by atoms with Gasteiger partial charge in [-0.1, -0.05) is 34.8 Å². The molecule has 21 heavy (non-hydrogen) atoms. The molecule has 1 aromatic carbocycles. The second-order valence-corrected chi connectivity index (χ2v) is 7.71. The van der Waals surface area contributed by atoms with E-state index in [1.807, 2.05) is 4.90 Å². The van der Waals surface area contributed by atoms with Crippen LogP contribution >= 0.6 is 34.8 Å². The van der Waals surface area contributed by atoms with E-state index in [1.54, 1.807) is 0 Å². The average Bonchev–Trinajstić information content (AvgIpc) is 2.45. The number of hydrogen-bond acceptors (Lipinski definition) is 4. The molecule has 1 saturated heterocycles. The summed E-state index contributed by atoms with van der Waals surface area (Å²) in [6.07, 6.45) is 0. The monoisotopic (exact) mass is 372 g/mol. The maximum Gasteiger partial charge on any atom is 0.244 e. The van der Waals surface area contributed by atoms with Crippen molar-refractivity contribution in [3.63, 3.8) is 0 Å². The molecule has 1 N–H and O–H groups in total. The van der Waals surface area contributed by atoms with Gasteiger partial charge in [0.05, 0.1) is 21.7 Å². The van der Waals surface area contributed by atoms with Gasteiger partial charge in [0.1, 0.15) is 4.90 Å². The van der Waals surface area contributed by atoms with Crippen molar-refractivity contribution in [2.75, 3.05) is 39.3 Å². The molecule has 5 nitrogen and oxygen atoms in total. The highest BCUT2D eigenvalue weighted by Crippen LogP contribution is 2.36. The molecule has 0 saturated carbocycles. The first-order valence-corrected chi connectivity index (χ1v) is 8.92. The summed E-state index contributed by atoms with van der Waals surface area (Å²) >= 11 is 17.7. The van der Waals surface area contributed by atoms with E-state index in [9.17, 15) is 8.42 Å². The van der Waals surface area contributed by atoms with Crippen molar-refractivity contribution in [2.45, 2.75) is 4.90 Å². The topological polar surface area (TPSA) is 60.9 Å². The number of sulfonamides is 1. The molecule has 0 atom stereocenters. The second-order valence-electron chi connectivity index (χ2n) is 4.64. The fourth-order valence-corrected chi connectivity index (χ4v) is 4.56. The summed E-state index contributed by atoms with van der Waals surface area (Å²) in [5, 5.41) is 9.10. The smallest absolute Gasteiger partial charge is 0.244 e. The first-order chi connectivity index (χ1) is 9.87. The number of hydrogen-bond donors (Lipinski definition) is 1. The van der Waals surface area contributed by atoms with Crippen LogP contribution in [0.15, 0.2) is 17.0 Å². The molecule has 1 aliphatic rings. The maximum absolute atomic E-state index is 12.6. The Kier molecular flexibility index (Phi) is 5.76. The number of piperazine rings is 1. The Hall–Kier alpha value is -0.0800. The van der Waals surface area contributed by atoms with Gasteiger partial charge in [-0.2, -0.15) is 4.31 Å². The number of β-amino-alcohol motifs (C(OH)–C–C–N with tert-alkyl or cyclic N) is 1. The minimum atomic E-state index is -3.70. The van der Waals surface area contributed by atoms with E-state index in [4.69, 9.17) is 39.9 Å². The van der Waals surface area contributed by atoms with Gasteiger partial charge in [-0.15, -0.1) is 0 Å². The molecule has 0 aliphatic carbocycles. The van der Waals surface area contributed by atoms with Crippen molar-refractivity contribution in [1.82, 2.24) is 9.21 Å². The second kappa shape index (κ2) is 7.00. The molecule has 0 bridgehead atoms. The van der Waals surface area contributed by atoms with Crippen molar-refractivity contribution in [1.29, 1.82) is 0 Å². The van der Waals surface area contributed by atoms with Crippen LogP contribution in [-0.2, 0) is 10.0 Å². The Morgan fingerprint density at radius 3 is 2.24 bits per heavy atom. The molecule has 0 radical (unpaired) electrons. The van der Waals surface area contributed by atoms with Crippen LogP contribution in [0.2, 0.25) is 15.1 Å². The van der Waals surface area contributed by atoms with Gasteiger partial charge in [-0.25, -0.2) is 8.42 Å². The predicted molar refractivity (Wildman–Crippen MR) is 83.8 cm³/mol. The largest absolute Gasteiger partial charge is 0.395 e. The lowest BCUT2D eigenvalue weighted by Gasteiger charge is -2.33. The lowest BCUT2D eigenvalue weighted by molar-refractivity contribution is 0.151. The van der Waals surface area contributed by atoms with Crippen molar-refractivity contribution in [2.24, 2.45) is 0 Å². The van der Waals surface area contributed by atoms with Crippen LogP contribution < -0.4 is 0 Å². The summed E-state index contributed by atoms with van der Waals surface area (Å²) in [5.41, 5.74) is 0. The maximum atomic E-state index is 12.6. The molecule has 0 spiro atoms. The highest BCUT2D eigenvalue weighted by molar-refractivity contribution is 7.89. The van der Waals surface area contributed by atoms with E-state index in [-0.39, 0.29) is 26.6 Å². The van der Waals surface area contributed by atoms with E-state index in [1.165, 1.54) is 16.4 Å². The van der Waals surface area contributed by atoms with Gasteiger partial charge in [0.15, 0.2) is 0 Å². The average molecular weight is 374 g/mol. The summed E-state index contributed by atoms with van der Waals surface area (Å²) in [4.78, 5) is 1.97. The molecule has 1 fully saturated rings. The van der Waals surface area contributed by atoms with E-state index in [0.29, 0.717) is 32.7 Å². The molecular weight excluding hydrogens is 359 g/mol. The SMILES string of the molecule is O=S(=O)(c1ccc(Cl)c(Cl)c1Cl)N1CCN(CCO)CC1. The highest BCUT2D eigenvalue weighted by atomic mass is 35.5. The van der Waals surface area contributed by atoms with Crippen LogP contribution in [0.3, 0.4) is 0 Å². The van der Waals surface area contributed by atoms with Crippen LogP contribution in [0, 0.1) is 0 Å². The molecule has 2 rings (SSSR count). The highest BCUT2D eigenvalue weighted by Gasteiger charge is 2.30. The van der Waals surface area contributed by atoms with Gasteiger partial charge < -0.3 is 5.11 Å². The first kappa shape index (κ1) is 17.3. The molecule has 0 unspecified atom stereocenters. The normalized spacial score (nSPS) is 18.1. The van der Waals surface area contributed by atoms with Crippen molar-refractivity contribution in [3.8, 4) is 0 Å². The number of benzene rings is 1. The van der Waals surface area contributed by atoms with E-state index < -0.39 is 10.0 Å². The molecular formula is C12H15Cl3N2O3S. The quantitative estimate of drug-likeness (QED) is 0.820. The summed E-state index contributed by atoms with van der Waals surface area (Å²) in [6, 6.07) is 2.79. The van der Waals surface area contributed by atoms with Gasteiger partial charge in [-0.3, -0.25) is 4.90 Å². The number of rotatable bonds is 4. The number of halogens is 3. The zero-order valence-corrected chi connectivity index (χ0v) is 14.2. The zero-order chi connectivity index (χ0) is 15.6. The third-order valence-corrected chi connectivity index (χ3v) is 6.71. The fourth-order valence-electron chi connectivity index (χ4n) is 2.18. The Bertz CT molecular complexity index is 616. The summed E-state index contributed by atoms with van der Waals surface area (Å²) in [5.74, 6) is 0. The van der Waals surface area contributed by atoms with Crippen molar-refractivity contribution in [3.05, 3.63) is 27.2 Å². The lowest BCUT2D eigenvalue weighted by Crippen LogP contribution is -2.49. The number of aliphatic hydroxyl groups excluding tert-OH is 1. The molecule has 0 aromatic heterocycles. The predicted octanol–water partition coefficient (Wildman–Crippen LogP) is 1.95.